The van der Waals surface area contributed by atoms with Gasteiger partial charge in [0.05, 0.1) is 11.4 Å². The molecule has 0 aromatic heterocycles. The molecule has 0 saturated carbocycles. The van der Waals surface area contributed by atoms with Gasteiger partial charge in [-0.2, -0.15) is 0 Å². The SMILES string of the molecule is NC/C(=C/F)COc1ccc(Cl)cc1Cl. The van der Waals surface area contributed by atoms with E-state index in [0.717, 1.165) is 0 Å². The highest BCUT2D eigenvalue weighted by Gasteiger charge is 2.03. The van der Waals surface area contributed by atoms with Gasteiger partial charge in [-0.3, -0.25) is 0 Å². The van der Waals surface area contributed by atoms with E-state index in [2.05, 4.69) is 0 Å². The lowest BCUT2D eigenvalue weighted by molar-refractivity contribution is 0.348. The van der Waals surface area contributed by atoms with Crippen molar-refractivity contribution >= 4 is 23.2 Å². The molecule has 0 saturated heterocycles. The van der Waals surface area contributed by atoms with Crippen LogP contribution in [0.15, 0.2) is 30.1 Å². The lowest BCUT2D eigenvalue weighted by Gasteiger charge is -2.08. The summed E-state index contributed by atoms with van der Waals surface area (Å²) in [6.45, 7) is 0.191. The quantitative estimate of drug-likeness (QED) is 0.890. The Morgan fingerprint density at radius 3 is 2.73 bits per heavy atom. The van der Waals surface area contributed by atoms with Crippen molar-refractivity contribution in [1.29, 1.82) is 0 Å². The molecule has 15 heavy (non-hydrogen) atoms. The van der Waals surface area contributed by atoms with Crippen LogP contribution in [0.4, 0.5) is 4.39 Å². The highest BCUT2D eigenvalue weighted by molar-refractivity contribution is 6.35. The zero-order chi connectivity index (χ0) is 11.3. The first kappa shape index (κ1) is 12.3. The molecule has 0 aliphatic carbocycles. The van der Waals surface area contributed by atoms with Crippen molar-refractivity contribution in [2.45, 2.75) is 0 Å². The topological polar surface area (TPSA) is 35.2 Å². The van der Waals surface area contributed by atoms with E-state index in [1.165, 1.54) is 0 Å². The van der Waals surface area contributed by atoms with Crippen molar-refractivity contribution in [2.75, 3.05) is 13.2 Å². The first-order chi connectivity index (χ1) is 7.17. The summed E-state index contributed by atoms with van der Waals surface area (Å²) < 4.78 is 17.4. The highest BCUT2D eigenvalue weighted by atomic mass is 35.5. The summed E-state index contributed by atoms with van der Waals surface area (Å²) in [5, 5.41) is 0.908. The monoisotopic (exact) mass is 249 g/mol. The van der Waals surface area contributed by atoms with Crippen molar-refractivity contribution in [3.05, 3.63) is 40.1 Å². The average Bonchev–Trinajstić information content (AvgIpc) is 2.22. The molecule has 0 unspecified atom stereocenters. The molecule has 1 aromatic carbocycles. The molecule has 0 amide bonds. The first-order valence-corrected chi connectivity index (χ1v) is 4.99. The molecule has 0 heterocycles. The van der Waals surface area contributed by atoms with Crippen LogP contribution < -0.4 is 10.5 Å². The summed E-state index contributed by atoms with van der Waals surface area (Å²) in [4.78, 5) is 0. The summed E-state index contributed by atoms with van der Waals surface area (Å²) in [5.74, 6) is 0.453. The van der Waals surface area contributed by atoms with E-state index in [1.807, 2.05) is 0 Å². The van der Waals surface area contributed by atoms with Crippen LogP contribution in [0.2, 0.25) is 10.0 Å². The van der Waals surface area contributed by atoms with Gasteiger partial charge in [-0.25, -0.2) is 4.39 Å². The molecular formula is C10H10Cl2FNO. The van der Waals surface area contributed by atoms with Crippen molar-refractivity contribution in [1.82, 2.24) is 0 Å². The van der Waals surface area contributed by atoms with Gasteiger partial charge in [-0.05, 0) is 18.2 Å². The van der Waals surface area contributed by atoms with E-state index >= 15 is 0 Å². The molecular weight excluding hydrogens is 240 g/mol. The van der Waals surface area contributed by atoms with Gasteiger partial charge in [0, 0.05) is 17.1 Å². The second-order valence-electron chi connectivity index (χ2n) is 2.83. The fraction of sp³-hybridized carbons (Fsp3) is 0.200. The summed E-state index contributed by atoms with van der Waals surface area (Å²) in [5.41, 5.74) is 5.63. The minimum absolute atomic E-state index is 0.0777. The van der Waals surface area contributed by atoms with Crippen molar-refractivity contribution in [3.63, 3.8) is 0 Å². The Morgan fingerprint density at radius 1 is 1.47 bits per heavy atom. The Balaban J connectivity index is 2.65. The third-order valence-electron chi connectivity index (χ3n) is 1.72. The molecule has 0 atom stereocenters. The molecule has 1 aromatic rings. The van der Waals surface area contributed by atoms with E-state index in [4.69, 9.17) is 33.7 Å². The number of halogens is 3. The maximum Gasteiger partial charge on any atom is 0.138 e. The number of nitrogens with two attached hydrogens (primary N) is 1. The van der Waals surface area contributed by atoms with E-state index in [1.54, 1.807) is 18.2 Å². The number of benzene rings is 1. The molecule has 1 rings (SSSR count). The van der Waals surface area contributed by atoms with Crippen LogP contribution in [0.25, 0.3) is 0 Å². The standard InChI is InChI=1S/C10H10Cl2FNO/c11-8-1-2-10(9(12)3-8)15-6-7(4-13)5-14/h1-4H,5-6,14H2/b7-4-. The molecule has 0 aliphatic heterocycles. The van der Waals surface area contributed by atoms with Gasteiger partial charge in [0.1, 0.15) is 12.4 Å². The van der Waals surface area contributed by atoms with E-state index in [0.29, 0.717) is 27.7 Å². The van der Waals surface area contributed by atoms with E-state index in [-0.39, 0.29) is 13.2 Å². The molecule has 2 nitrogen and oxygen atoms in total. The normalized spacial score (nSPS) is 11.6. The summed E-state index contributed by atoms with van der Waals surface area (Å²) in [6.07, 6.45) is 0.434. The first-order valence-electron chi connectivity index (χ1n) is 4.23. The molecule has 0 radical (unpaired) electrons. The minimum atomic E-state index is 0.0777. The Kier molecular flexibility index (Phi) is 4.88. The average molecular weight is 250 g/mol. The molecule has 5 heteroatoms. The molecule has 2 N–H and O–H groups in total. The predicted molar refractivity (Wildman–Crippen MR) is 60.2 cm³/mol. The minimum Gasteiger partial charge on any atom is -0.488 e. The summed E-state index contributed by atoms with van der Waals surface area (Å²) in [6, 6.07) is 4.82. The number of hydrogen-bond acceptors (Lipinski definition) is 2. The van der Waals surface area contributed by atoms with Gasteiger partial charge in [0.15, 0.2) is 0 Å². The second kappa shape index (κ2) is 5.95. The van der Waals surface area contributed by atoms with Crippen LogP contribution in [0.3, 0.4) is 0 Å². The van der Waals surface area contributed by atoms with Crippen LogP contribution >= 0.6 is 23.2 Å². The van der Waals surface area contributed by atoms with Crippen LogP contribution in [0, 0.1) is 0 Å². The maximum absolute atomic E-state index is 12.1. The Morgan fingerprint density at radius 2 is 2.20 bits per heavy atom. The van der Waals surface area contributed by atoms with Gasteiger partial charge in [-0.15, -0.1) is 0 Å². The maximum atomic E-state index is 12.1. The molecule has 82 valence electrons. The van der Waals surface area contributed by atoms with Crippen LogP contribution in [0.5, 0.6) is 5.75 Å². The number of rotatable bonds is 4. The number of ether oxygens (including phenoxy) is 1. The Bertz CT molecular complexity index is 368. The van der Waals surface area contributed by atoms with Crippen molar-refractivity contribution in [3.8, 4) is 5.75 Å². The zero-order valence-corrected chi connectivity index (χ0v) is 9.35. The Hall–Kier alpha value is -0.770. The van der Waals surface area contributed by atoms with Crippen LogP contribution in [-0.4, -0.2) is 13.2 Å². The second-order valence-corrected chi connectivity index (χ2v) is 3.68. The van der Waals surface area contributed by atoms with Gasteiger partial charge >= 0.3 is 0 Å². The summed E-state index contributed by atoms with van der Waals surface area (Å²) >= 11 is 11.5. The van der Waals surface area contributed by atoms with Crippen LogP contribution in [0.1, 0.15) is 0 Å². The molecule has 0 aliphatic rings. The third-order valence-corrected chi connectivity index (χ3v) is 2.25. The number of hydrogen-bond donors (Lipinski definition) is 1. The van der Waals surface area contributed by atoms with Gasteiger partial charge in [-0.1, -0.05) is 23.2 Å². The lowest BCUT2D eigenvalue weighted by Crippen LogP contribution is -2.10. The van der Waals surface area contributed by atoms with E-state index < -0.39 is 0 Å². The van der Waals surface area contributed by atoms with Crippen molar-refractivity contribution < 1.29 is 9.13 Å². The van der Waals surface area contributed by atoms with E-state index in [9.17, 15) is 4.39 Å². The van der Waals surface area contributed by atoms with Gasteiger partial charge in [0.2, 0.25) is 0 Å². The predicted octanol–water partition coefficient (Wildman–Crippen LogP) is 3.18. The van der Waals surface area contributed by atoms with Crippen molar-refractivity contribution in [2.24, 2.45) is 5.73 Å². The largest absolute Gasteiger partial charge is 0.488 e. The lowest BCUT2D eigenvalue weighted by atomic mass is 10.3. The Labute approximate surface area is 97.4 Å². The zero-order valence-electron chi connectivity index (χ0n) is 7.84. The fourth-order valence-corrected chi connectivity index (χ4v) is 1.36. The van der Waals surface area contributed by atoms with Gasteiger partial charge < -0.3 is 10.5 Å². The molecule has 0 spiro atoms. The third kappa shape index (κ3) is 3.70. The summed E-state index contributed by atoms with van der Waals surface area (Å²) in [7, 11) is 0. The van der Waals surface area contributed by atoms with Gasteiger partial charge in [0.25, 0.3) is 0 Å². The smallest absolute Gasteiger partial charge is 0.138 e. The van der Waals surface area contributed by atoms with Crippen LogP contribution in [-0.2, 0) is 0 Å². The molecule has 0 fully saturated rings. The highest BCUT2D eigenvalue weighted by Crippen LogP contribution is 2.27. The molecule has 0 bridgehead atoms. The fourth-order valence-electron chi connectivity index (χ4n) is 0.898.